The van der Waals surface area contributed by atoms with Crippen LogP contribution in [0.25, 0.3) is 11.0 Å². The number of alkyl carbamates (subject to hydrolysis) is 1. The molecular weight excluding hydrogens is 441 g/mol. The second-order valence-electron chi connectivity index (χ2n) is 10.3. The lowest BCUT2D eigenvalue weighted by Gasteiger charge is -2.53. The first kappa shape index (κ1) is 24.6. The smallest absolute Gasteiger partial charge is 0.408 e. The Balaban J connectivity index is 1.42. The Labute approximate surface area is 199 Å². The van der Waals surface area contributed by atoms with Gasteiger partial charge in [0, 0.05) is 18.7 Å². The molecule has 2 aromatic heterocycles. The molecule has 0 aromatic carbocycles. The van der Waals surface area contributed by atoms with Crippen molar-refractivity contribution in [3.05, 3.63) is 29.7 Å². The second kappa shape index (κ2) is 9.62. The maximum absolute atomic E-state index is 14.8. The van der Waals surface area contributed by atoms with Gasteiger partial charge in [0.15, 0.2) is 0 Å². The molecule has 186 valence electrons. The van der Waals surface area contributed by atoms with Crippen LogP contribution in [0.3, 0.4) is 0 Å². The van der Waals surface area contributed by atoms with E-state index in [9.17, 15) is 9.18 Å². The van der Waals surface area contributed by atoms with Crippen LogP contribution >= 0.6 is 0 Å². The minimum absolute atomic E-state index is 0.327. The van der Waals surface area contributed by atoms with Crippen molar-refractivity contribution in [1.82, 2.24) is 15.3 Å². The van der Waals surface area contributed by atoms with E-state index in [0.717, 1.165) is 25.7 Å². The Kier molecular flexibility index (Phi) is 6.96. The molecular formula is C25H34FN3O5. The molecule has 0 atom stereocenters. The summed E-state index contributed by atoms with van der Waals surface area (Å²) in [7, 11) is 1.60. The molecule has 8 nitrogen and oxygen atoms in total. The number of fused-ring (bicyclic) bond motifs is 4. The minimum atomic E-state index is -0.547. The normalized spacial score (nSPS) is 24.3. The molecule has 0 radical (unpaired) electrons. The second-order valence-corrected chi connectivity index (χ2v) is 10.3. The molecule has 2 aromatic rings. The zero-order valence-corrected chi connectivity index (χ0v) is 20.4. The molecule has 34 heavy (non-hydrogen) atoms. The fraction of sp³-hybridized carbons (Fsp3) is 0.640. The SMILES string of the molecule is COCCOc1ccc2ncc(F)c(CCC34CCC(NC(=O)OC(C)(C)C)(CC3)CO4)c2n1. The van der Waals surface area contributed by atoms with Gasteiger partial charge < -0.3 is 24.3 Å². The van der Waals surface area contributed by atoms with Crippen LogP contribution in [-0.2, 0) is 20.6 Å². The molecule has 0 unspecified atom stereocenters. The molecule has 2 bridgehead atoms. The number of methoxy groups -OCH3 is 1. The van der Waals surface area contributed by atoms with E-state index in [1.165, 1.54) is 6.20 Å². The number of carbonyl (C=O) groups excluding carboxylic acids is 1. The number of aromatic nitrogens is 2. The number of halogens is 1. The first-order valence-electron chi connectivity index (χ1n) is 11.8. The number of hydrogen-bond acceptors (Lipinski definition) is 7. The molecule has 1 saturated carbocycles. The summed E-state index contributed by atoms with van der Waals surface area (Å²) in [5.74, 6) is 0.0407. The Hall–Kier alpha value is -2.52. The van der Waals surface area contributed by atoms with Crippen molar-refractivity contribution in [2.45, 2.75) is 76.0 Å². The summed E-state index contributed by atoms with van der Waals surface area (Å²) in [6.07, 6.45) is 5.20. The predicted molar refractivity (Wildman–Crippen MR) is 124 cm³/mol. The lowest BCUT2D eigenvalue weighted by atomic mass is 9.69. The number of hydrogen-bond donors (Lipinski definition) is 1. The number of nitrogens with zero attached hydrogens (tertiary/aromatic N) is 2. The minimum Gasteiger partial charge on any atom is -0.475 e. The van der Waals surface area contributed by atoms with Crippen LogP contribution in [0.4, 0.5) is 9.18 Å². The zero-order chi connectivity index (χ0) is 24.4. The van der Waals surface area contributed by atoms with Gasteiger partial charge in [0.05, 0.1) is 41.6 Å². The first-order chi connectivity index (χ1) is 16.1. The lowest BCUT2D eigenvalue weighted by Crippen LogP contribution is -2.63. The zero-order valence-electron chi connectivity index (χ0n) is 20.4. The summed E-state index contributed by atoms with van der Waals surface area (Å²) in [4.78, 5) is 21.0. The summed E-state index contributed by atoms with van der Waals surface area (Å²) in [5.41, 5.74) is 0.394. The molecule has 1 N–H and O–H groups in total. The monoisotopic (exact) mass is 475 g/mol. The molecule has 1 amide bonds. The van der Waals surface area contributed by atoms with E-state index in [2.05, 4.69) is 15.3 Å². The summed E-state index contributed by atoms with van der Waals surface area (Å²) in [6.45, 7) is 6.78. The van der Waals surface area contributed by atoms with Gasteiger partial charge in [-0.05, 0) is 65.4 Å². The van der Waals surface area contributed by atoms with Gasteiger partial charge in [-0.25, -0.2) is 14.2 Å². The fourth-order valence-corrected chi connectivity index (χ4v) is 4.75. The van der Waals surface area contributed by atoms with Crippen molar-refractivity contribution >= 4 is 17.1 Å². The maximum atomic E-state index is 14.8. The third-order valence-corrected chi connectivity index (χ3v) is 6.65. The summed E-state index contributed by atoms with van der Waals surface area (Å²) < 4.78 is 37.2. The Morgan fingerprint density at radius 1 is 1.21 bits per heavy atom. The van der Waals surface area contributed by atoms with Crippen LogP contribution in [0, 0.1) is 5.82 Å². The maximum Gasteiger partial charge on any atom is 0.408 e. The molecule has 9 heteroatoms. The topological polar surface area (TPSA) is 91.8 Å². The van der Waals surface area contributed by atoms with Crippen LogP contribution < -0.4 is 10.1 Å². The first-order valence-corrected chi connectivity index (χ1v) is 11.8. The molecule has 3 fully saturated rings. The Bertz CT molecular complexity index is 1010. The largest absolute Gasteiger partial charge is 0.475 e. The van der Waals surface area contributed by atoms with Crippen molar-refractivity contribution in [2.75, 3.05) is 26.9 Å². The van der Waals surface area contributed by atoms with Crippen LogP contribution in [0.2, 0.25) is 0 Å². The number of pyridine rings is 2. The van der Waals surface area contributed by atoms with Crippen LogP contribution in [0.1, 0.15) is 58.4 Å². The summed E-state index contributed by atoms with van der Waals surface area (Å²) >= 11 is 0. The summed E-state index contributed by atoms with van der Waals surface area (Å²) in [5, 5.41) is 3.04. The Morgan fingerprint density at radius 2 is 1.97 bits per heavy atom. The number of aryl methyl sites for hydroxylation is 1. The number of nitrogens with one attached hydrogen (secondary N) is 1. The van der Waals surface area contributed by atoms with Gasteiger partial charge in [0.2, 0.25) is 5.88 Å². The van der Waals surface area contributed by atoms with Crippen molar-refractivity contribution in [1.29, 1.82) is 0 Å². The van der Waals surface area contributed by atoms with Gasteiger partial charge in [-0.3, -0.25) is 4.98 Å². The van der Waals surface area contributed by atoms with E-state index in [0.29, 0.717) is 55.1 Å². The average Bonchev–Trinajstić information content (AvgIpc) is 2.78. The number of rotatable bonds is 8. The standard InChI is InChI=1S/C25H34FN3O5/c1-23(2,3)34-22(30)29-24-9-11-25(12-10-24,33-16-24)8-7-17-18(26)15-27-19-5-6-20(28-21(17)19)32-14-13-31-4/h5-6,15H,7-14,16H2,1-4H3,(H,29,30). The average molecular weight is 476 g/mol. The van der Waals surface area contributed by atoms with Gasteiger partial charge in [-0.15, -0.1) is 0 Å². The van der Waals surface area contributed by atoms with Crippen LogP contribution in [-0.4, -0.2) is 59.7 Å². The fourth-order valence-electron chi connectivity index (χ4n) is 4.75. The molecule has 1 aliphatic carbocycles. The molecule has 2 aliphatic heterocycles. The van der Waals surface area contributed by atoms with E-state index in [1.54, 1.807) is 19.2 Å². The highest BCUT2D eigenvalue weighted by molar-refractivity contribution is 5.78. The van der Waals surface area contributed by atoms with Crippen LogP contribution in [0.5, 0.6) is 5.88 Å². The molecule has 5 rings (SSSR count). The highest BCUT2D eigenvalue weighted by Gasteiger charge is 2.50. The molecule has 2 saturated heterocycles. The van der Waals surface area contributed by atoms with Crippen molar-refractivity contribution in [3.8, 4) is 5.88 Å². The number of ether oxygens (including phenoxy) is 4. The van der Waals surface area contributed by atoms with Crippen molar-refractivity contribution in [3.63, 3.8) is 0 Å². The third kappa shape index (κ3) is 5.58. The number of amides is 1. The van der Waals surface area contributed by atoms with E-state index in [-0.39, 0.29) is 11.4 Å². The molecule has 0 spiro atoms. The predicted octanol–water partition coefficient (Wildman–Crippen LogP) is 4.33. The van der Waals surface area contributed by atoms with Gasteiger partial charge in [0.1, 0.15) is 18.0 Å². The van der Waals surface area contributed by atoms with E-state index in [4.69, 9.17) is 18.9 Å². The molecule has 3 aliphatic rings. The van der Waals surface area contributed by atoms with Crippen LogP contribution in [0.15, 0.2) is 18.3 Å². The number of carbonyl (C=O) groups is 1. The van der Waals surface area contributed by atoms with Gasteiger partial charge in [0.25, 0.3) is 0 Å². The van der Waals surface area contributed by atoms with Crippen molar-refractivity contribution in [2.24, 2.45) is 0 Å². The molecule has 4 heterocycles. The van der Waals surface area contributed by atoms with E-state index >= 15 is 0 Å². The van der Waals surface area contributed by atoms with Gasteiger partial charge in [-0.1, -0.05) is 0 Å². The van der Waals surface area contributed by atoms with E-state index < -0.39 is 17.2 Å². The Morgan fingerprint density at radius 3 is 2.62 bits per heavy atom. The van der Waals surface area contributed by atoms with Crippen molar-refractivity contribution < 1.29 is 28.1 Å². The van der Waals surface area contributed by atoms with E-state index in [1.807, 2.05) is 20.8 Å². The van der Waals surface area contributed by atoms with Gasteiger partial charge in [-0.2, -0.15) is 0 Å². The third-order valence-electron chi connectivity index (χ3n) is 6.65. The highest BCUT2D eigenvalue weighted by atomic mass is 19.1. The quantitative estimate of drug-likeness (QED) is 0.568. The lowest BCUT2D eigenvalue weighted by molar-refractivity contribution is -0.163. The highest BCUT2D eigenvalue weighted by Crippen LogP contribution is 2.46. The van der Waals surface area contributed by atoms with Gasteiger partial charge >= 0.3 is 6.09 Å². The summed E-state index contributed by atoms with van der Waals surface area (Å²) in [6, 6.07) is 3.52.